The van der Waals surface area contributed by atoms with E-state index in [9.17, 15) is 19.2 Å². The maximum absolute atomic E-state index is 13.6. The normalized spacial score (nSPS) is 17.3. The number of likely N-dealkylation sites (tertiary alicyclic amines) is 1. The molecule has 204 valence electrons. The predicted octanol–water partition coefficient (Wildman–Crippen LogP) is -0.108. The second-order valence-corrected chi connectivity index (χ2v) is 9.17. The van der Waals surface area contributed by atoms with Crippen molar-refractivity contribution in [3.63, 3.8) is 0 Å². The lowest BCUT2D eigenvalue weighted by atomic mass is 9.97. The molecule has 0 bridgehead atoms. The number of nitrogens with two attached hydrogens (primary N) is 2. The molecule has 1 aliphatic heterocycles. The van der Waals surface area contributed by atoms with Gasteiger partial charge in [0.2, 0.25) is 17.7 Å². The van der Waals surface area contributed by atoms with Gasteiger partial charge in [-0.25, -0.2) is 0 Å². The minimum absolute atomic E-state index is 0.0577. The van der Waals surface area contributed by atoms with E-state index < -0.39 is 29.9 Å². The number of nitrogens with one attached hydrogen (secondary N) is 3. The highest BCUT2D eigenvalue weighted by atomic mass is 16.2. The molecule has 4 amide bonds. The number of carbonyl (C=O) groups is 4. The Hall–Kier alpha value is -3.70. The number of nitrogens with zero attached hydrogens (tertiary/aromatic N) is 3. The third kappa shape index (κ3) is 8.72. The van der Waals surface area contributed by atoms with E-state index in [1.54, 1.807) is 18.3 Å². The molecular weight excluding hydrogens is 476 g/mol. The molecule has 1 aromatic rings. The molecule has 1 aromatic heterocycles. The SMILES string of the molecule is CCNC(=O)[C@@H]1CCCN1C(=O)[C@H](CCCN=C(N)N)NC(=O)[C@H](NC(=O)c1cccnc1)[C@H](C)CC. The minimum Gasteiger partial charge on any atom is -0.370 e. The first-order valence-electron chi connectivity index (χ1n) is 12.8. The second-order valence-electron chi connectivity index (χ2n) is 9.17. The zero-order valence-electron chi connectivity index (χ0n) is 21.9. The molecule has 0 saturated carbocycles. The van der Waals surface area contributed by atoms with E-state index in [4.69, 9.17) is 11.5 Å². The van der Waals surface area contributed by atoms with E-state index in [0.29, 0.717) is 44.3 Å². The quantitative estimate of drug-likeness (QED) is 0.137. The van der Waals surface area contributed by atoms with Gasteiger partial charge in [-0.3, -0.25) is 29.2 Å². The molecule has 2 rings (SSSR count). The molecule has 1 saturated heterocycles. The summed E-state index contributed by atoms with van der Waals surface area (Å²) in [6.07, 6.45) is 5.56. The van der Waals surface area contributed by atoms with Crippen LogP contribution in [-0.4, -0.2) is 77.2 Å². The predicted molar refractivity (Wildman–Crippen MR) is 140 cm³/mol. The van der Waals surface area contributed by atoms with Gasteiger partial charge in [0.1, 0.15) is 18.1 Å². The topological polar surface area (TPSA) is 185 Å². The number of aromatic nitrogens is 1. The summed E-state index contributed by atoms with van der Waals surface area (Å²) in [7, 11) is 0. The summed E-state index contributed by atoms with van der Waals surface area (Å²) in [5.41, 5.74) is 11.1. The number of likely N-dealkylation sites (N-methyl/N-ethyl adjacent to an activating group) is 1. The number of rotatable bonds is 13. The highest BCUT2D eigenvalue weighted by Crippen LogP contribution is 2.20. The van der Waals surface area contributed by atoms with Crippen LogP contribution >= 0.6 is 0 Å². The van der Waals surface area contributed by atoms with Crippen LogP contribution < -0.4 is 27.4 Å². The molecular formula is C25H40N8O4. The zero-order valence-corrected chi connectivity index (χ0v) is 21.9. The third-order valence-corrected chi connectivity index (χ3v) is 6.46. The average molecular weight is 517 g/mol. The lowest BCUT2D eigenvalue weighted by Gasteiger charge is -2.30. The Morgan fingerprint density at radius 2 is 1.97 bits per heavy atom. The van der Waals surface area contributed by atoms with Gasteiger partial charge in [0.05, 0.1) is 5.56 Å². The van der Waals surface area contributed by atoms with Crippen molar-refractivity contribution in [3.05, 3.63) is 30.1 Å². The largest absolute Gasteiger partial charge is 0.370 e. The number of hydrogen-bond acceptors (Lipinski definition) is 6. The van der Waals surface area contributed by atoms with Crippen molar-refractivity contribution in [3.8, 4) is 0 Å². The molecule has 1 fully saturated rings. The van der Waals surface area contributed by atoms with Crippen LogP contribution in [0.15, 0.2) is 29.5 Å². The van der Waals surface area contributed by atoms with Gasteiger partial charge in [-0.15, -0.1) is 0 Å². The van der Waals surface area contributed by atoms with Crippen LogP contribution in [0.3, 0.4) is 0 Å². The Labute approximate surface area is 218 Å². The van der Waals surface area contributed by atoms with Crippen molar-refractivity contribution in [1.29, 1.82) is 0 Å². The molecule has 1 aliphatic rings. The summed E-state index contributed by atoms with van der Waals surface area (Å²) in [4.78, 5) is 61.8. The number of amides is 4. The van der Waals surface area contributed by atoms with E-state index in [0.717, 1.165) is 0 Å². The molecule has 37 heavy (non-hydrogen) atoms. The van der Waals surface area contributed by atoms with Gasteiger partial charge in [0, 0.05) is 32.0 Å². The van der Waals surface area contributed by atoms with Crippen molar-refractivity contribution in [2.45, 2.75) is 71.0 Å². The Morgan fingerprint density at radius 3 is 2.59 bits per heavy atom. The zero-order chi connectivity index (χ0) is 27.4. The standard InChI is InChI=1S/C25H40N8O4/c1-4-16(3)20(32-21(34)17-9-6-12-28-15-17)23(36)31-18(10-7-13-30-25(26)27)24(37)33-14-8-11-19(33)22(35)29-5-2/h6,9,12,15-16,18-20H,4-5,7-8,10-11,13-14H2,1-3H3,(H,29,35)(H,31,36)(H,32,34)(H4,26,27,30)/t16-,18+,19+,20-/m1/s1. The summed E-state index contributed by atoms with van der Waals surface area (Å²) in [5.74, 6) is -1.71. The number of guanidine groups is 1. The van der Waals surface area contributed by atoms with Crippen molar-refractivity contribution in [1.82, 2.24) is 25.8 Å². The van der Waals surface area contributed by atoms with E-state index in [1.807, 2.05) is 20.8 Å². The summed E-state index contributed by atoms with van der Waals surface area (Å²) in [6.45, 7) is 6.76. The van der Waals surface area contributed by atoms with Crippen molar-refractivity contribution in [2.24, 2.45) is 22.4 Å². The van der Waals surface area contributed by atoms with Gasteiger partial charge in [-0.05, 0) is 50.7 Å². The van der Waals surface area contributed by atoms with Crippen LogP contribution in [0.2, 0.25) is 0 Å². The Balaban J connectivity index is 2.22. The Morgan fingerprint density at radius 1 is 1.22 bits per heavy atom. The molecule has 7 N–H and O–H groups in total. The maximum Gasteiger partial charge on any atom is 0.253 e. The van der Waals surface area contributed by atoms with Crippen LogP contribution in [0.25, 0.3) is 0 Å². The van der Waals surface area contributed by atoms with Gasteiger partial charge in [0.25, 0.3) is 5.91 Å². The second kappa shape index (κ2) is 14.8. The first-order valence-corrected chi connectivity index (χ1v) is 12.8. The van der Waals surface area contributed by atoms with Gasteiger partial charge in [0.15, 0.2) is 5.96 Å². The van der Waals surface area contributed by atoms with Crippen LogP contribution in [0, 0.1) is 5.92 Å². The highest BCUT2D eigenvalue weighted by Gasteiger charge is 2.38. The third-order valence-electron chi connectivity index (χ3n) is 6.46. The fourth-order valence-electron chi connectivity index (χ4n) is 4.24. The molecule has 0 aromatic carbocycles. The van der Waals surface area contributed by atoms with E-state index in [2.05, 4.69) is 25.9 Å². The van der Waals surface area contributed by atoms with Crippen LogP contribution in [0.1, 0.15) is 63.2 Å². The summed E-state index contributed by atoms with van der Waals surface area (Å²) in [5, 5.41) is 8.41. The number of carbonyl (C=O) groups excluding carboxylic acids is 4. The van der Waals surface area contributed by atoms with E-state index >= 15 is 0 Å². The van der Waals surface area contributed by atoms with Gasteiger partial charge < -0.3 is 32.3 Å². The van der Waals surface area contributed by atoms with E-state index in [1.165, 1.54) is 11.1 Å². The summed E-state index contributed by atoms with van der Waals surface area (Å²) < 4.78 is 0. The Kier molecular flexibility index (Phi) is 11.8. The molecule has 0 unspecified atom stereocenters. The summed E-state index contributed by atoms with van der Waals surface area (Å²) >= 11 is 0. The van der Waals surface area contributed by atoms with Crippen molar-refractivity contribution in [2.75, 3.05) is 19.6 Å². The van der Waals surface area contributed by atoms with Crippen molar-refractivity contribution >= 4 is 29.6 Å². The summed E-state index contributed by atoms with van der Waals surface area (Å²) in [6, 6.07) is 0.889. The fourth-order valence-corrected chi connectivity index (χ4v) is 4.24. The molecule has 0 spiro atoms. The van der Waals surface area contributed by atoms with Gasteiger partial charge in [-0.2, -0.15) is 0 Å². The smallest absolute Gasteiger partial charge is 0.253 e. The lowest BCUT2D eigenvalue weighted by molar-refractivity contribution is -0.141. The first-order chi connectivity index (χ1) is 17.7. The fraction of sp³-hybridized carbons (Fsp3) is 0.600. The first kappa shape index (κ1) is 29.5. The van der Waals surface area contributed by atoms with Crippen LogP contribution in [0.5, 0.6) is 0 Å². The average Bonchev–Trinajstić information content (AvgIpc) is 3.38. The van der Waals surface area contributed by atoms with Gasteiger partial charge >= 0.3 is 0 Å². The molecule has 12 nitrogen and oxygen atoms in total. The molecule has 0 aliphatic carbocycles. The molecule has 4 atom stereocenters. The van der Waals surface area contributed by atoms with Crippen molar-refractivity contribution < 1.29 is 19.2 Å². The lowest BCUT2D eigenvalue weighted by Crippen LogP contribution is -2.57. The van der Waals surface area contributed by atoms with Crippen LogP contribution in [-0.2, 0) is 14.4 Å². The van der Waals surface area contributed by atoms with E-state index in [-0.39, 0.29) is 36.7 Å². The Bertz CT molecular complexity index is 951. The molecule has 0 radical (unpaired) electrons. The number of pyridine rings is 1. The molecule has 2 heterocycles. The monoisotopic (exact) mass is 516 g/mol. The number of hydrogen-bond donors (Lipinski definition) is 5. The van der Waals surface area contributed by atoms with Crippen LogP contribution in [0.4, 0.5) is 0 Å². The minimum atomic E-state index is -0.904. The van der Waals surface area contributed by atoms with Gasteiger partial charge in [-0.1, -0.05) is 20.3 Å². The highest BCUT2D eigenvalue weighted by molar-refractivity contribution is 5.98. The molecule has 12 heteroatoms. The number of aliphatic imine (C=N–C) groups is 1. The maximum atomic E-state index is 13.6.